The quantitative estimate of drug-likeness (QED) is 0.874. The molecule has 0 saturated heterocycles. The van der Waals surface area contributed by atoms with Crippen LogP contribution in [0.3, 0.4) is 0 Å². The van der Waals surface area contributed by atoms with Gasteiger partial charge >= 0.3 is 0 Å². The van der Waals surface area contributed by atoms with Gasteiger partial charge in [0, 0.05) is 6.54 Å². The zero-order valence-electron chi connectivity index (χ0n) is 11.6. The molecule has 0 atom stereocenters. The number of aromatic nitrogens is 2. The minimum absolute atomic E-state index is 0.0406. The van der Waals surface area contributed by atoms with Crippen LogP contribution in [-0.2, 0) is 13.0 Å². The first-order valence-corrected chi connectivity index (χ1v) is 7.30. The maximum Gasteiger partial charge on any atom is 0.290 e. The molecule has 18 heavy (non-hydrogen) atoms. The van der Waals surface area contributed by atoms with E-state index >= 15 is 0 Å². The Hall–Kier alpha value is -1.19. The van der Waals surface area contributed by atoms with Crippen LogP contribution >= 0.6 is 0 Å². The molecule has 102 valence electrons. The molecule has 1 heterocycles. The fourth-order valence-electron chi connectivity index (χ4n) is 3.09. The van der Waals surface area contributed by atoms with Crippen molar-refractivity contribution in [2.75, 3.05) is 5.73 Å². The molecule has 2 rings (SSSR count). The van der Waals surface area contributed by atoms with E-state index in [0.29, 0.717) is 11.7 Å². The van der Waals surface area contributed by atoms with E-state index < -0.39 is 0 Å². The summed E-state index contributed by atoms with van der Waals surface area (Å²) in [4.78, 5) is 12.4. The number of hydrogen-bond acceptors (Lipinski definition) is 2. The molecular formula is C14H25N3O. The summed E-state index contributed by atoms with van der Waals surface area (Å²) in [5, 5.41) is 0. The summed E-state index contributed by atoms with van der Waals surface area (Å²) in [6, 6.07) is 0.372. The highest BCUT2D eigenvalue weighted by Gasteiger charge is 2.25. The molecule has 1 aromatic heterocycles. The fourth-order valence-corrected chi connectivity index (χ4v) is 3.09. The normalized spacial score (nSPS) is 16.6. The van der Waals surface area contributed by atoms with Crippen molar-refractivity contribution in [2.45, 2.75) is 71.4 Å². The predicted octanol–water partition coefficient (Wildman–Crippen LogP) is 2.71. The largest absolute Gasteiger partial charge is 0.393 e. The third kappa shape index (κ3) is 2.20. The molecule has 0 aliphatic heterocycles. The summed E-state index contributed by atoms with van der Waals surface area (Å²) in [7, 11) is 0. The van der Waals surface area contributed by atoms with Gasteiger partial charge < -0.3 is 5.73 Å². The Bertz CT molecular complexity index is 452. The maximum atomic E-state index is 12.4. The van der Waals surface area contributed by atoms with E-state index in [1.165, 1.54) is 12.8 Å². The van der Waals surface area contributed by atoms with Gasteiger partial charge in [-0.05, 0) is 25.7 Å². The number of nitrogen functional groups attached to an aromatic ring is 1. The lowest BCUT2D eigenvalue weighted by molar-refractivity contribution is 0.354. The van der Waals surface area contributed by atoms with Crippen LogP contribution in [-0.4, -0.2) is 9.36 Å². The van der Waals surface area contributed by atoms with Crippen LogP contribution in [0.2, 0.25) is 0 Å². The van der Waals surface area contributed by atoms with Crippen LogP contribution in [0.1, 0.15) is 64.1 Å². The molecule has 4 heteroatoms. The first-order chi connectivity index (χ1) is 8.70. The summed E-state index contributed by atoms with van der Waals surface area (Å²) >= 11 is 0. The van der Waals surface area contributed by atoms with E-state index in [-0.39, 0.29) is 5.56 Å². The van der Waals surface area contributed by atoms with Crippen molar-refractivity contribution >= 4 is 5.69 Å². The van der Waals surface area contributed by atoms with Crippen molar-refractivity contribution in [1.29, 1.82) is 0 Å². The van der Waals surface area contributed by atoms with Gasteiger partial charge in [-0.25, -0.2) is 4.68 Å². The van der Waals surface area contributed by atoms with Gasteiger partial charge in [0.25, 0.3) is 5.56 Å². The van der Waals surface area contributed by atoms with E-state index in [1.54, 1.807) is 0 Å². The summed E-state index contributed by atoms with van der Waals surface area (Å²) in [5.41, 5.74) is 7.61. The molecule has 1 aliphatic rings. The Labute approximate surface area is 109 Å². The van der Waals surface area contributed by atoms with Crippen molar-refractivity contribution in [3.63, 3.8) is 0 Å². The van der Waals surface area contributed by atoms with Gasteiger partial charge in [0.15, 0.2) is 0 Å². The lowest BCUT2D eigenvalue weighted by atomic mass is 10.2. The molecule has 1 fully saturated rings. The fraction of sp³-hybridized carbons (Fsp3) is 0.786. The second-order valence-corrected chi connectivity index (χ2v) is 5.32. The van der Waals surface area contributed by atoms with Gasteiger partial charge in [-0.2, -0.15) is 0 Å². The molecule has 2 N–H and O–H groups in total. The molecule has 1 saturated carbocycles. The number of rotatable bonds is 5. The average Bonchev–Trinajstić information content (AvgIpc) is 2.94. The van der Waals surface area contributed by atoms with Gasteiger partial charge in [-0.15, -0.1) is 0 Å². The predicted molar refractivity (Wildman–Crippen MR) is 74.9 cm³/mol. The summed E-state index contributed by atoms with van der Waals surface area (Å²) in [6.45, 7) is 5.18. The molecule has 4 nitrogen and oxygen atoms in total. The maximum absolute atomic E-state index is 12.4. The first-order valence-electron chi connectivity index (χ1n) is 7.30. The van der Waals surface area contributed by atoms with Gasteiger partial charge in [0.05, 0.1) is 11.7 Å². The third-order valence-corrected chi connectivity index (χ3v) is 3.91. The summed E-state index contributed by atoms with van der Waals surface area (Å²) in [6.07, 6.45) is 7.69. The first kappa shape index (κ1) is 13.2. The standard InChI is InChI=1S/C14H25N3O/c1-3-7-12-13(15)14(18)17(16(12)10-4-2)11-8-5-6-9-11/h11H,3-10,15H2,1-2H3. The van der Waals surface area contributed by atoms with Crippen LogP contribution in [0.25, 0.3) is 0 Å². The Morgan fingerprint density at radius 1 is 1.22 bits per heavy atom. The molecule has 0 radical (unpaired) electrons. The van der Waals surface area contributed by atoms with Gasteiger partial charge in [-0.3, -0.25) is 9.48 Å². The molecule has 0 aromatic carbocycles. The SMILES string of the molecule is CCCc1c(N)c(=O)n(C2CCCC2)n1CCC. The van der Waals surface area contributed by atoms with Crippen molar-refractivity contribution in [1.82, 2.24) is 9.36 Å². The van der Waals surface area contributed by atoms with Gasteiger partial charge in [0.2, 0.25) is 0 Å². The Morgan fingerprint density at radius 2 is 1.89 bits per heavy atom. The minimum Gasteiger partial charge on any atom is -0.393 e. The monoisotopic (exact) mass is 251 g/mol. The highest BCUT2D eigenvalue weighted by Crippen LogP contribution is 2.29. The van der Waals surface area contributed by atoms with Crippen LogP contribution in [0.4, 0.5) is 5.69 Å². The van der Waals surface area contributed by atoms with E-state index in [0.717, 1.165) is 44.3 Å². The van der Waals surface area contributed by atoms with Crippen molar-refractivity contribution in [3.8, 4) is 0 Å². The van der Waals surface area contributed by atoms with Crippen molar-refractivity contribution in [2.24, 2.45) is 0 Å². The number of hydrogen-bond donors (Lipinski definition) is 1. The highest BCUT2D eigenvalue weighted by molar-refractivity contribution is 5.42. The third-order valence-electron chi connectivity index (χ3n) is 3.91. The molecule has 1 aliphatic carbocycles. The van der Waals surface area contributed by atoms with Gasteiger partial charge in [-0.1, -0.05) is 33.1 Å². The van der Waals surface area contributed by atoms with Crippen LogP contribution in [0.5, 0.6) is 0 Å². The Balaban J connectivity index is 2.48. The molecule has 0 bridgehead atoms. The second kappa shape index (κ2) is 5.63. The zero-order chi connectivity index (χ0) is 13.1. The smallest absolute Gasteiger partial charge is 0.290 e. The van der Waals surface area contributed by atoms with E-state index in [2.05, 4.69) is 18.5 Å². The topological polar surface area (TPSA) is 53.0 Å². The zero-order valence-corrected chi connectivity index (χ0v) is 11.6. The van der Waals surface area contributed by atoms with E-state index in [9.17, 15) is 4.79 Å². The molecule has 1 aromatic rings. The number of nitrogens with zero attached hydrogens (tertiary/aromatic N) is 2. The van der Waals surface area contributed by atoms with Crippen LogP contribution in [0, 0.1) is 0 Å². The molecule has 0 amide bonds. The molecule has 0 unspecified atom stereocenters. The van der Waals surface area contributed by atoms with Crippen molar-refractivity contribution < 1.29 is 0 Å². The second-order valence-electron chi connectivity index (χ2n) is 5.32. The lowest BCUT2D eigenvalue weighted by Crippen LogP contribution is -2.27. The Morgan fingerprint density at radius 3 is 2.44 bits per heavy atom. The summed E-state index contributed by atoms with van der Waals surface area (Å²) in [5.74, 6) is 0. The van der Waals surface area contributed by atoms with Gasteiger partial charge in [0.1, 0.15) is 5.69 Å². The van der Waals surface area contributed by atoms with Crippen molar-refractivity contribution in [3.05, 3.63) is 16.0 Å². The van der Waals surface area contributed by atoms with Crippen LogP contribution in [0.15, 0.2) is 4.79 Å². The molecule has 0 spiro atoms. The van der Waals surface area contributed by atoms with E-state index in [4.69, 9.17) is 5.73 Å². The highest BCUT2D eigenvalue weighted by atomic mass is 16.1. The van der Waals surface area contributed by atoms with E-state index in [1.807, 2.05) is 4.68 Å². The average molecular weight is 251 g/mol. The number of anilines is 1. The molecular weight excluding hydrogens is 226 g/mol. The lowest BCUT2D eigenvalue weighted by Gasteiger charge is -2.18. The number of nitrogens with two attached hydrogens (primary N) is 1. The summed E-state index contributed by atoms with van der Waals surface area (Å²) < 4.78 is 4.12. The van der Waals surface area contributed by atoms with Crippen LogP contribution < -0.4 is 11.3 Å². The Kier molecular flexibility index (Phi) is 4.15. The minimum atomic E-state index is 0.0406.